The van der Waals surface area contributed by atoms with E-state index in [4.69, 9.17) is 4.74 Å². The molecule has 3 rings (SSSR count). The Hall–Kier alpha value is -2.21. The van der Waals surface area contributed by atoms with E-state index in [1.807, 2.05) is 31.7 Å². The van der Waals surface area contributed by atoms with E-state index in [2.05, 4.69) is 4.98 Å². The van der Waals surface area contributed by atoms with Crippen molar-refractivity contribution < 1.29 is 9.53 Å². The van der Waals surface area contributed by atoms with Crippen molar-refractivity contribution in [1.82, 2.24) is 14.5 Å². The van der Waals surface area contributed by atoms with Crippen LogP contribution in [-0.2, 0) is 11.3 Å². The molecule has 0 radical (unpaired) electrons. The lowest BCUT2D eigenvalue weighted by atomic mass is 10.1. The van der Waals surface area contributed by atoms with E-state index in [-0.39, 0.29) is 23.6 Å². The van der Waals surface area contributed by atoms with Crippen molar-refractivity contribution in [2.45, 2.75) is 46.4 Å². The van der Waals surface area contributed by atoms with Gasteiger partial charge in [0, 0.05) is 18.7 Å². The van der Waals surface area contributed by atoms with Crippen LogP contribution in [0.1, 0.15) is 36.8 Å². The van der Waals surface area contributed by atoms with Crippen LogP contribution in [0.5, 0.6) is 0 Å². The fourth-order valence-electron chi connectivity index (χ4n) is 3.17. The Morgan fingerprint density at radius 1 is 1.38 bits per heavy atom. The first kappa shape index (κ1) is 16.6. The zero-order chi connectivity index (χ0) is 17.4. The predicted octanol–water partition coefficient (Wildman–Crippen LogP) is 1.97. The number of fused-ring (bicyclic) bond motifs is 1. The molecule has 2 aromatic rings. The Kier molecular flexibility index (Phi) is 4.41. The summed E-state index contributed by atoms with van der Waals surface area (Å²) in [6, 6.07) is 5.42. The van der Waals surface area contributed by atoms with Crippen LogP contribution in [0, 0.1) is 6.92 Å². The predicted molar refractivity (Wildman–Crippen MR) is 92.3 cm³/mol. The third-order valence-electron chi connectivity index (χ3n) is 4.54. The van der Waals surface area contributed by atoms with Gasteiger partial charge in [0.1, 0.15) is 5.69 Å². The van der Waals surface area contributed by atoms with Gasteiger partial charge in [-0.15, -0.1) is 0 Å². The monoisotopic (exact) mass is 329 g/mol. The van der Waals surface area contributed by atoms with E-state index in [9.17, 15) is 9.59 Å². The lowest BCUT2D eigenvalue weighted by Crippen LogP contribution is -2.50. The molecule has 0 N–H and O–H groups in total. The van der Waals surface area contributed by atoms with Crippen LogP contribution in [0.15, 0.2) is 23.0 Å². The molecule has 0 aliphatic carbocycles. The molecule has 1 saturated heterocycles. The number of carbonyl (C=O) groups is 1. The van der Waals surface area contributed by atoms with Crippen molar-refractivity contribution >= 4 is 16.9 Å². The first-order valence-electron chi connectivity index (χ1n) is 8.36. The molecule has 1 aliphatic rings. The van der Waals surface area contributed by atoms with E-state index >= 15 is 0 Å². The number of morpholine rings is 1. The summed E-state index contributed by atoms with van der Waals surface area (Å²) in [5, 5.41) is 0. The lowest BCUT2D eigenvalue weighted by Gasteiger charge is -2.36. The van der Waals surface area contributed by atoms with Crippen LogP contribution in [0.4, 0.5) is 0 Å². The molecule has 1 aromatic heterocycles. The van der Waals surface area contributed by atoms with Gasteiger partial charge >= 0.3 is 0 Å². The number of rotatable bonds is 2. The number of aromatic nitrogens is 2. The highest BCUT2D eigenvalue weighted by molar-refractivity contribution is 5.97. The summed E-state index contributed by atoms with van der Waals surface area (Å²) in [5.41, 5.74) is 2.39. The average molecular weight is 329 g/mol. The van der Waals surface area contributed by atoms with Crippen molar-refractivity contribution in [1.29, 1.82) is 0 Å². The van der Waals surface area contributed by atoms with Crippen molar-refractivity contribution in [3.63, 3.8) is 0 Å². The number of aryl methyl sites for hydroxylation is 2. The SMILES string of the molecule is CCn1c(=O)c(C)nc2cc(C(=O)N3C[C@@H](C)OC[C@@H]3C)ccc21. The molecule has 1 amide bonds. The number of nitrogens with zero attached hydrogens (tertiary/aromatic N) is 3. The van der Waals surface area contributed by atoms with Gasteiger partial charge in [-0.1, -0.05) is 0 Å². The van der Waals surface area contributed by atoms with Gasteiger partial charge in [-0.05, 0) is 45.9 Å². The molecule has 0 unspecified atom stereocenters. The maximum Gasteiger partial charge on any atom is 0.272 e. The topological polar surface area (TPSA) is 64.4 Å². The zero-order valence-electron chi connectivity index (χ0n) is 14.6. The third kappa shape index (κ3) is 2.82. The van der Waals surface area contributed by atoms with Crippen molar-refractivity contribution in [3.05, 3.63) is 39.8 Å². The van der Waals surface area contributed by atoms with Crippen LogP contribution >= 0.6 is 0 Å². The number of hydrogen-bond acceptors (Lipinski definition) is 4. The molecular formula is C18H23N3O3. The molecule has 6 heteroatoms. The number of carbonyl (C=O) groups excluding carboxylic acids is 1. The van der Waals surface area contributed by atoms with E-state index in [1.165, 1.54) is 0 Å². The second kappa shape index (κ2) is 6.36. The van der Waals surface area contributed by atoms with E-state index in [0.29, 0.717) is 36.5 Å². The zero-order valence-corrected chi connectivity index (χ0v) is 14.6. The van der Waals surface area contributed by atoms with Gasteiger partial charge in [-0.3, -0.25) is 9.59 Å². The quantitative estimate of drug-likeness (QED) is 0.845. The third-order valence-corrected chi connectivity index (χ3v) is 4.54. The number of benzene rings is 1. The minimum atomic E-state index is -0.0836. The molecule has 1 fully saturated rings. The molecule has 24 heavy (non-hydrogen) atoms. The lowest BCUT2D eigenvalue weighted by molar-refractivity contribution is -0.0387. The van der Waals surface area contributed by atoms with Gasteiger partial charge in [0.25, 0.3) is 11.5 Å². The standard InChI is InChI=1S/C18H23N3O3/c1-5-20-16-7-6-14(8-15(16)19-13(4)17(20)22)18(23)21-9-12(3)24-10-11(21)2/h6-8,11-12H,5,9-10H2,1-4H3/t11-,12+/m0/s1. The van der Waals surface area contributed by atoms with Crippen molar-refractivity contribution in [2.75, 3.05) is 13.2 Å². The summed E-state index contributed by atoms with van der Waals surface area (Å²) in [5.74, 6) is -0.0201. The minimum Gasteiger partial charge on any atom is -0.375 e. The molecule has 1 aromatic carbocycles. The summed E-state index contributed by atoms with van der Waals surface area (Å²) in [4.78, 5) is 31.3. The maximum atomic E-state index is 12.9. The Morgan fingerprint density at radius 2 is 2.12 bits per heavy atom. The highest BCUT2D eigenvalue weighted by Gasteiger charge is 2.28. The van der Waals surface area contributed by atoms with Gasteiger partial charge in [0.15, 0.2) is 0 Å². The van der Waals surface area contributed by atoms with Gasteiger partial charge in [-0.2, -0.15) is 0 Å². The maximum absolute atomic E-state index is 12.9. The smallest absolute Gasteiger partial charge is 0.272 e. The van der Waals surface area contributed by atoms with Crippen LogP contribution in [-0.4, -0.2) is 45.7 Å². The molecule has 128 valence electrons. The molecule has 1 aliphatic heterocycles. The summed E-state index contributed by atoms with van der Waals surface area (Å²) < 4.78 is 7.28. The van der Waals surface area contributed by atoms with Gasteiger partial charge < -0.3 is 14.2 Å². The summed E-state index contributed by atoms with van der Waals surface area (Å²) >= 11 is 0. The second-order valence-electron chi connectivity index (χ2n) is 6.40. The van der Waals surface area contributed by atoms with Crippen LogP contribution in [0.2, 0.25) is 0 Å². The molecule has 2 heterocycles. The van der Waals surface area contributed by atoms with Crippen molar-refractivity contribution in [3.8, 4) is 0 Å². The molecule has 2 atom stereocenters. The fraction of sp³-hybridized carbons (Fsp3) is 0.500. The highest BCUT2D eigenvalue weighted by Crippen LogP contribution is 2.19. The Balaban J connectivity index is 2.03. The number of hydrogen-bond donors (Lipinski definition) is 0. The molecule has 0 saturated carbocycles. The Labute approximate surface area is 141 Å². The minimum absolute atomic E-state index is 0.0201. The number of amides is 1. The molecule has 6 nitrogen and oxygen atoms in total. The Bertz CT molecular complexity index is 843. The molecule has 0 bridgehead atoms. The second-order valence-corrected chi connectivity index (χ2v) is 6.40. The van der Waals surface area contributed by atoms with Gasteiger partial charge in [0.2, 0.25) is 0 Å². The fourth-order valence-corrected chi connectivity index (χ4v) is 3.17. The largest absolute Gasteiger partial charge is 0.375 e. The van der Waals surface area contributed by atoms with Gasteiger partial charge in [-0.25, -0.2) is 4.98 Å². The van der Waals surface area contributed by atoms with E-state index in [1.54, 1.807) is 23.6 Å². The first-order chi connectivity index (χ1) is 11.4. The average Bonchev–Trinajstić information content (AvgIpc) is 2.57. The summed E-state index contributed by atoms with van der Waals surface area (Å²) in [7, 11) is 0. The molecule has 0 spiro atoms. The summed E-state index contributed by atoms with van der Waals surface area (Å²) in [6.07, 6.45) is 0.0382. The van der Waals surface area contributed by atoms with Crippen molar-refractivity contribution in [2.24, 2.45) is 0 Å². The van der Waals surface area contributed by atoms with E-state index in [0.717, 1.165) is 5.52 Å². The van der Waals surface area contributed by atoms with Crippen LogP contribution < -0.4 is 5.56 Å². The molecular weight excluding hydrogens is 306 g/mol. The van der Waals surface area contributed by atoms with Crippen LogP contribution in [0.25, 0.3) is 11.0 Å². The van der Waals surface area contributed by atoms with Gasteiger partial charge in [0.05, 0.1) is 29.8 Å². The highest BCUT2D eigenvalue weighted by atomic mass is 16.5. The Morgan fingerprint density at radius 3 is 2.83 bits per heavy atom. The first-order valence-corrected chi connectivity index (χ1v) is 8.36. The van der Waals surface area contributed by atoms with E-state index < -0.39 is 0 Å². The normalized spacial score (nSPS) is 21.2. The summed E-state index contributed by atoms with van der Waals surface area (Å²) in [6.45, 7) is 9.29. The van der Waals surface area contributed by atoms with Crippen LogP contribution in [0.3, 0.4) is 0 Å². The number of ether oxygens (including phenoxy) is 1.